The minimum Gasteiger partial charge on any atom is -0.481 e. The van der Waals surface area contributed by atoms with Crippen molar-refractivity contribution in [3.05, 3.63) is 29.3 Å². The molecule has 1 atom stereocenters. The van der Waals surface area contributed by atoms with Gasteiger partial charge in [0.1, 0.15) is 5.60 Å². The van der Waals surface area contributed by atoms with E-state index in [2.05, 4.69) is 0 Å². The number of fused-ring (bicyclic) bond motifs is 1. The lowest BCUT2D eigenvalue weighted by molar-refractivity contribution is -0.143. The molecule has 0 fully saturated rings. The van der Waals surface area contributed by atoms with Crippen molar-refractivity contribution in [3.63, 3.8) is 0 Å². The average Bonchev–Trinajstić information content (AvgIpc) is 2.18. The Kier molecular flexibility index (Phi) is 2.95. The van der Waals surface area contributed by atoms with E-state index in [0.29, 0.717) is 6.42 Å². The van der Waals surface area contributed by atoms with E-state index in [1.54, 1.807) is 11.8 Å². The van der Waals surface area contributed by atoms with Crippen LogP contribution in [0.1, 0.15) is 24.0 Å². The van der Waals surface area contributed by atoms with Crippen LogP contribution in [-0.4, -0.2) is 21.9 Å². The number of hydrogen-bond donors (Lipinski definition) is 2. The number of aliphatic carboxylic acids is 1. The van der Waals surface area contributed by atoms with Crippen molar-refractivity contribution in [1.29, 1.82) is 0 Å². The Morgan fingerprint density at radius 2 is 2.31 bits per heavy atom. The first-order valence-electron chi connectivity index (χ1n) is 5.20. The van der Waals surface area contributed by atoms with Crippen LogP contribution in [0.3, 0.4) is 0 Å². The van der Waals surface area contributed by atoms with Gasteiger partial charge in [-0.2, -0.15) is 0 Å². The highest BCUT2D eigenvalue weighted by Crippen LogP contribution is 2.43. The summed E-state index contributed by atoms with van der Waals surface area (Å²) in [4.78, 5) is 11.8. The van der Waals surface area contributed by atoms with Gasteiger partial charge in [0, 0.05) is 10.6 Å². The Morgan fingerprint density at radius 1 is 1.56 bits per heavy atom. The number of carboxylic acid groups (broad SMARTS) is 1. The summed E-state index contributed by atoms with van der Waals surface area (Å²) in [6.45, 7) is 1.98. The number of aliphatic hydroxyl groups is 1. The van der Waals surface area contributed by atoms with E-state index >= 15 is 0 Å². The number of carbonyl (C=O) groups is 1. The van der Waals surface area contributed by atoms with E-state index < -0.39 is 11.6 Å². The first-order valence-corrected chi connectivity index (χ1v) is 6.18. The molecule has 2 rings (SSSR count). The Bertz CT molecular complexity index is 430. The van der Waals surface area contributed by atoms with Gasteiger partial charge in [-0.05, 0) is 24.5 Å². The van der Waals surface area contributed by atoms with Gasteiger partial charge in [-0.3, -0.25) is 4.79 Å². The summed E-state index contributed by atoms with van der Waals surface area (Å²) in [6, 6.07) is 5.68. The molecule has 0 spiro atoms. The number of carboxylic acids is 1. The molecule has 0 saturated carbocycles. The third-order valence-corrected chi connectivity index (χ3v) is 4.16. The maximum atomic E-state index is 10.8. The molecule has 0 bridgehead atoms. The fourth-order valence-electron chi connectivity index (χ4n) is 2.10. The molecule has 1 aliphatic heterocycles. The molecule has 0 saturated heterocycles. The van der Waals surface area contributed by atoms with Crippen molar-refractivity contribution < 1.29 is 15.0 Å². The predicted molar refractivity (Wildman–Crippen MR) is 62.7 cm³/mol. The minimum atomic E-state index is -1.20. The van der Waals surface area contributed by atoms with Crippen LogP contribution in [-0.2, 0) is 10.4 Å². The van der Waals surface area contributed by atoms with Crippen LogP contribution in [0.25, 0.3) is 0 Å². The molecule has 16 heavy (non-hydrogen) atoms. The number of rotatable bonds is 2. The maximum absolute atomic E-state index is 10.8. The van der Waals surface area contributed by atoms with Gasteiger partial charge in [-0.25, -0.2) is 0 Å². The van der Waals surface area contributed by atoms with E-state index in [0.717, 1.165) is 21.8 Å². The number of hydrogen-bond acceptors (Lipinski definition) is 3. The van der Waals surface area contributed by atoms with E-state index in [9.17, 15) is 9.90 Å². The van der Waals surface area contributed by atoms with Crippen molar-refractivity contribution >= 4 is 17.7 Å². The van der Waals surface area contributed by atoms with Crippen molar-refractivity contribution in [2.75, 3.05) is 5.75 Å². The molecular formula is C12H14O3S. The molecule has 0 amide bonds. The fourth-order valence-corrected chi connectivity index (χ4v) is 3.45. The van der Waals surface area contributed by atoms with Gasteiger partial charge < -0.3 is 10.2 Å². The molecule has 1 unspecified atom stereocenters. The standard InChI is InChI=1S/C12H14O3S/c1-8-3-2-4-9-11(8)16-6-5-12(9,15)7-10(13)14/h2-4,15H,5-7H2,1H3,(H,13,14). The Hall–Kier alpha value is -1.00. The lowest BCUT2D eigenvalue weighted by Crippen LogP contribution is -2.32. The van der Waals surface area contributed by atoms with Gasteiger partial charge in [0.25, 0.3) is 0 Å². The van der Waals surface area contributed by atoms with E-state index in [1.807, 2.05) is 25.1 Å². The topological polar surface area (TPSA) is 57.5 Å². The molecule has 0 aromatic heterocycles. The molecule has 3 nitrogen and oxygen atoms in total. The molecule has 0 radical (unpaired) electrons. The SMILES string of the molecule is Cc1cccc2c1SCCC2(O)CC(=O)O. The third-order valence-electron chi connectivity index (χ3n) is 2.92. The van der Waals surface area contributed by atoms with Gasteiger partial charge in [-0.15, -0.1) is 11.8 Å². The second-order valence-electron chi connectivity index (χ2n) is 4.15. The zero-order chi connectivity index (χ0) is 11.8. The highest BCUT2D eigenvalue weighted by Gasteiger charge is 2.37. The smallest absolute Gasteiger partial charge is 0.306 e. The van der Waals surface area contributed by atoms with Crippen LogP contribution in [0.4, 0.5) is 0 Å². The van der Waals surface area contributed by atoms with Crippen molar-refractivity contribution in [3.8, 4) is 0 Å². The summed E-state index contributed by atoms with van der Waals surface area (Å²) in [5.74, 6) is -0.191. The van der Waals surface area contributed by atoms with Gasteiger partial charge in [-0.1, -0.05) is 18.2 Å². The molecule has 4 heteroatoms. The zero-order valence-electron chi connectivity index (χ0n) is 9.06. The second-order valence-corrected chi connectivity index (χ2v) is 5.26. The Morgan fingerprint density at radius 3 is 3.00 bits per heavy atom. The van der Waals surface area contributed by atoms with Crippen molar-refractivity contribution in [2.24, 2.45) is 0 Å². The largest absolute Gasteiger partial charge is 0.481 e. The molecule has 1 aromatic rings. The average molecular weight is 238 g/mol. The van der Waals surface area contributed by atoms with Crippen LogP contribution >= 0.6 is 11.8 Å². The van der Waals surface area contributed by atoms with E-state index in [1.165, 1.54) is 0 Å². The Labute approximate surface area is 98.5 Å². The summed E-state index contributed by atoms with van der Waals surface area (Å²) >= 11 is 1.69. The third kappa shape index (κ3) is 1.95. The second kappa shape index (κ2) is 4.11. The summed E-state index contributed by atoms with van der Waals surface area (Å²) < 4.78 is 0. The van der Waals surface area contributed by atoms with E-state index in [-0.39, 0.29) is 6.42 Å². The molecule has 0 aliphatic carbocycles. The highest BCUT2D eigenvalue weighted by molar-refractivity contribution is 7.99. The van der Waals surface area contributed by atoms with Crippen molar-refractivity contribution in [2.45, 2.75) is 30.3 Å². The van der Waals surface area contributed by atoms with Crippen LogP contribution < -0.4 is 0 Å². The van der Waals surface area contributed by atoms with Crippen LogP contribution in [0.2, 0.25) is 0 Å². The number of benzene rings is 1. The van der Waals surface area contributed by atoms with Gasteiger partial charge in [0.2, 0.25) is 0 Å². The fraction of sp³-hybridized carbons (Fsp3) is 0.417. The number of aryl methyl sites for hydroxylation is 1. The highest BCUT2D eigenvalue weighted by atomic mass is 32.2. The molecule has 1 heterocycles. The molecular weight excluding hydrogens is 224 g/mol. The molecule has 1 aliphatic rings. The lowest BCUT2D eigenvalue weighted by Gasteiger charge is -2.33. The quantitative estimate of drug-likeness (QED) is 0.829. The zero-order valence-corrected chi connectivity index (χ0v) is 9.88. The first-order chi connectivity index (χ1) is 7.53. The molecule has 1 aromatic carbocycles. The Balaban J connectivity index is 2.47. The summed E-state index contributed by atoms with van der Waals surface area (Å²) in [5, 5.41) is 19.3. The normalized spacial score (nSPS) is 23.9. The predicted octanol–water partition coefficient (Wildman–Crippen LogP) is 2.15. The minimum absolute atomic E-state index is 0.218. The van der Waals surface area contributed by atoms with Crippen LogP contribution in [0.5, 0.6) is 0 Å². The summed E-state index contributed by atoms with van der Waals surface area (Å²) in [7, 11) is 0. The molecule has 2 N–H and O–H groups in total. The number of thioether (sulfide) groups is 1. The van der Waals surface area contributed by atoms with E-state index in [4.69, 9.17) is 5.11 Å². The first kappa shape index (κ1) is 11.5. The monoisotopic (exact) mass is 238 g/mol. The summed E-state index contributed by atoms with van der Waals surface area (Å²) in [5.41, 5.74) is 0.676. The maximum Gasteiger partial charge on any atom is 0.306 e. The summed E-state index contributed by atoms with van der Waals surface area (Å²) in [6.07, 6.45) is 0.282. The molecule has 86 valence electrons. The van der Waals surface area contributed by atoms with Gasteiger partial charge in [0.15, 0.2) is 0 Å². The van der Waals surface area contributed by atoms with Crippen LogP contribution in [0.15, 0.2) is 23.1 Å². The van der Waals surface area contributed by atoms with Gasteiger partial charge in [0.05, 0.1) is 6.42 Å². The lowest BCUT2D eigenvalue weighted by atomic mass is 9.86. The van der Waals surface area contributed by atoms with Gasteiger partial charge >= 0.3 is 5.97 Å². The van der Waals surface area contributed by atoms with Crippen molar-refractivity contribution in [1.82, 2.24) is 0 Å². The van der Waals surface area contributed by atoms with Crippen LogP contribution in [0, 0.1) is 6.92 Å².